The molecule has 0 aliphatic carbocycles. The first kappa shape index (κ1) is 23.4. The lowest BCUT2D eigenvalue weighted by atomic mass is 9.87. The molecular formula is C26H27O3P. The van der Waals surface area contributed by atoms with Crippen molar-refractivity contribution in [2.75, 3.05) is 0 Å². The second kappa shape index (κ2) is 9.73. The normalized spacial score (nSPS) is 10.2. The maximum atomic E-state index is 13.4. The molecule has 154 valence electrons. The smallest absolute Gasteiger partial charge is 0.194 e. The van der Waals surface area contributed by atoms with E-state index in [-0.39, 0.29) is 11.6 Å². The molecule has 30 heavy (non-hydrogen) atoms. The largest absolute Gasteiger partial charge is 0.289 e. The fourth-order valence-electron chi connectivity index (χ4n) is 4.22. The molecule has 4 heteroatoms. The number of rotatable bonds is 4. The van der Waals surface area contributed by atoms with E-state index in [1.54, 1.807) is 21.3 Å². The molecule has 0 atom stereocenters. The van der Waals surface area contributed by atoms with Crippen LogP contribution in [0.15, 0.2) is 48.5 Å². The molecular weight excluding hydrogens is 391 g/mol. The van der Waals surface area contributed by atoms with E-state index in [0.29, 0.717) is 22.3 Å². The van der Waals surface area contributed by atoms with Gasteiger partial charge >= 0.3 is 0 Å². The van der Waals surface area contributed by atoms with E-state index in [4.69, 9.17) is 4.57 Å². The molecule has 0 radical (unpaired) electrons. The molecule has 0 aliphatic rings. The summed E-state index contributed by atoms with van der Waals surface area (Å²) < 4.78 is 8.06. The number of carbonyl (C=O) groups is 2. The molecule has 3 rings (SSSR count). The van der Waals surface area contributed by atoms with Gasteiger partial charge in [-0.25, -0.2) is 0 Å². The van der Waals surface area contributed by atoms with Crippen molar-refractivity contribution in [1.82, 2.24) is 0 Å². The van der Waals surface area contributed by atoms with Gasteiger partial charge in [-0.2, -0.15) is 0 Å². The molecule has 0 aliphatic heterocycles. The van der Waals surface area contributed by atoms with E-state index >= 15 is 0 Å². The molecule has 0 unspecified atom stereocenters. The lowest BCUT2D eigenvalue weighted by Gasteiger charge is -2.15. The summed E-state index contributed by atoms with van der Waals surface area (Å²) in [6, 6.07) is 15.2. The van der Waals surface area contributed by atoms with Crippen molar-refractivity contribution in [3.8, 4) is 0 Å². The maximum absolute atomic E-state index is 13.4. The fourth-order valence-corrected chi connectivity index (χ4v) is 4.22. The predicted octanol–water partition coefficient (Wildman–Crippen LogP) is 6.47. The van der Waals surface area contributed by atoms with Crippen molar-refractivity contribution in [2.24, 2.45) is 0 Å². The molecule has 3 aromatic carbocycles. The molecule has 0 bridgehead atoms. The Labute approximate surface area is 180 Å². The van der Waals surface area contributed by atoms with Gasteiger partial charge in [-0.3, -0.25) is 14.2 Å². The zero-order valence-electron chi connectivity index (χ0n) is 18.3. The SMILES string of the molecule is Cc1cc(C)c(C(=O)c2ccccc2C(=O)c2c(C)cc(C)cc2C)c(C)c1.O=P. The number of aryl methyl sites for hydroxylation is 6. The number of carbonyl (C=O) groups excluding carboxylic acids is 2. The van der Waals surface area contributed by atoms with Crippen molar-refractivity contribution in [2.45, 2.75) is 41.5 Å². The molecule has 3 nitrogen and oxygen atoms in total. The maximum Gasteiger partial charge on any atom is 0.194 e. The third-order valence-electron chi connectivity index (χ3n) is 5.22. The highest BCUT2D eigenvalue weighted by atomic mass is 31.0. The number of hydrogen-bond acceptors (Lipinski definition) is 3. The highest BCUT2D eigenvalue weighted by molar-refractivity contribution is 7.00. The zero-order chi connectivity index (χ0) is 22.6. The Morgan fingerprint density at radius 3 is 1.10 bits per heavy atom. The zero-order valence-corrected chi connectivity index (χ0v) is 19.3. The second-order valence-corrected chi connectivity index (χ2v) is 7.75. The lowest BCUT2D eigenvalue weighted by molar-refractivity contribution is 0.100. The van der Waals surface area contributed by atoms with Crippen molar-refractivity contribution < 1.29 is 14.2 Å². The molecule has 0 N–H and O–H groups in total. The summed E-state index contributed by atoms with van der Waals surface area (Å²) in [5, 5.41) is 0. The van der Waals surface area contributed by atoms with E-state index in [0.717, 1.165) is 33.4 Å². The van der Waals surface area contributed by atoms with Gasteiger partial charge in [-0.05, 0) is 63.8 Å². The number of benzene rings is 3. The third kappa shape index (κ3) is 4.63. The molecule has 0 spiro atoms. The fraction of sp³-hybridized carbons (Fsp3) is 0.231. The van der Waals surface area contributed by atoms with Crippen molar-refractivity contribution in [3.63, 3.8) is 0 Å². The topological polar surface area (TPSA) is 51.2 Å². The minimum absolute atomic E-state index is 0.0960. The van der Waals surface area contributed by atoms with Gasteiger partial charge < -0.3 is 0 Å². The van der Waals surface area contributed by atoms with Crippen LogP contribution in [0.4, 0.5) is 0 Å². The number of ketones is 2. The summed E-state index contributed by atoms with van der Waals surface area (Å²) in [7, 11) is 1.72. The van der Waals surface area contributed by atoms with E-state index in [1.165, 1.54) is 0 Å². The van der Waals surface area contributed by atoms with Crippen molar-refractivity contribution >= 4 is 20.7 Å². The van der Waals surface area contributed by atoms with E-state index in [9.17, 15) is 9.59 Å². The van der Waals surface area contributed by atoms with E-state index < -0.39 is 0 Å². The van der Waals surface area contributed by atoms with Gasteiger partial charge in [0, 0.05) is 22.3 Å². The molecule has 0 saturated heterocycles. The summed E-state index contributed by atoms with van der Waals surface area (Å²) in [6.07, 6.45) is 0. The van der Waals surface area contributed by atoms with Crippen LogP contribution in [0.25, 0.3) is 0 Å². The average molecular weight is 418 g/mol. The highest BCUT2D eigenvalue weighted by Gasteiger charge is 2.23. The monoisotopic (exact) mass is 418 g/mol. The Morgan fingerprint density at radius 1 is 0.567 bits per heavy atom. The Morgan fingerprint density at radius 2 is 0.833 bits per heavy atom. The van der Waals surface area contributed by atoms with Gasteiger partial charge in [-0.1, -0.05) is 59.7 Å². The van der Waals surface area contributed by atoms with Gasteiger partial charge in [0.2, 0.25) is 0 Å². The molecule has 0 aromatic heterocycles. The Balaban J connectivity index is 0.00000155. The minimum Gasteiger partial charge on any atom is -0.289 e. The van der Waals surface area contributed by atoms with E-state index in [1.807, 2.05) is 77.9 Å². The third-order valence-corrected chi connectivity index (χ3v) is 5.22. The van der Waals surface area contributed by atoms with Crippen molar-refractivity contribution in [3.05, 3.63) is 104 Å². The molecule has 0 heterocycles. The Hall–Kier alpha value is -2.90. The first-order chi connectivity index (χ1) is 14.2. The minimum atomic E-state index is -0.0960. The summed E-state index contributed by atoms with van der Waals surface area (Å²) >= 11 is 0. The van der Waals surface area contributed by atoms with Crippen LogP contribution in [0, 0.1) is 41.5 Å². The Bertz CT molecular complexity index is 994. The summed E-state index contributed by atoms with van der Waals surface area (Å²) in [4.78, 5) is 26.9. The molecule has 0 amide bonds. The Kier molecular flexibility index (Phi) is 7.59. The predicted molar refractivity (Wildman–Crippen MR) is 124 cm³/mol. The van der Waals surface area contributed by atoms with Gasteiger partial charge in [0.15, 0.2) is 11.6 Å². The molecule has 0 fully saturated rings. The summed E-state index contributed by atoms with van der Waals surface area (Å²) in [6.45, 7) is 11.8. The highest BCUT2D eigenvalue weighted by Crippen LogP contribution is 2.26. The van der Waals surface area contributed by atoms with Gasteiger partial charge in [0.25, 0.3) is 0 Å². The first-order valence-electron chi connectivity index (χ1n) is 9.75. The van der Waals surface area contributed by atoms with Gasteiger partial charge in [0.1, 0.15) is 9.12 Å². The molecule has 0 saturated carbocycles. The van der Waals surface area contributed by atoms with Crippen LogP contribution in [0.3, 0.4) is 0 Å². The lowest BCUT2D eigenvalue weighted by Crippen LogP contribution is -2.15. The van der Waals surface area contributed by atoms with Crippen molar-refractivity contribution in [1.29, 1.82) is 0 Å². The van der Waals surface area contributed by atoms with Crippen LogP contribution in [0.2, 0.25) is 0 Å². The summed E-state index contributed by atoms with van der Waals surface area (Å²) in [5.74, 6) is -0.192. The summed E-state index contributed by atoms with van der Waals surface area (Å²) in [5.41, 5.74) is 8.29. The van der Waals surface area contributed by atoms with E-state index in [2.05, 4.69) is 0 Å². The average Bonchev–Trinajstić information content (AvgIpc) is 2.67. The quantitative estimate of drug-likeness (QED) is 0.360. The number of hydrogen-bond donors (Lipinski definition) is 0. The first-order valence-corrected chi connectivity index (χ1v) is 10.2. The van der Waals surface area contributed by atoms with Crippen LogP contribution in [0.1, 0.15) is 65.2 Å². The van der Waals surface area contributed by atoms with Crippen LogP contribution in [-0.4, -0.2) is 11.6 Å². The van der Waals surface area contributed by atoms with Crippen LogP contribution in [-0.2, 0) is 4.57 Å². The van der Waals surface area contributed by atoms with Crippen LogP contribution < -0.4 is 0 Å². The van der Waals surface area contributed by atoms with Gasteiger partial charge in [0.05, 0.1) is 0 Å². The van der Waals surface area contributed by atoms with Gasteiger partial charge in [-0.15, -0.1) is 0 Å². The van der Waals surface area contributed by atoms with Crippen LogP contribution >= 0.6 is 9.12 Å². The second-order valence-electron chi connectivity index (χ2n) is 7.75. The standard InChI is InChI=1S/C26H26O2.HOP/c1-15-11-17(3)23(18(4)12-15)25(27)21-9-7-8-10-22(21)26(28)24-19(5)13-16(2)14-20(24)6;1-2/h7-14H,1-6H3;2H. The van der Waals surface area contributed by atoms with Crippen LogP contribution in [0.5, 0.6) is 0 Å². The molecule has 3 aromatic rings.